The van der Waals surface area contributed by atoms with Crippen LogP contribution in [0.1, 0.15) is 38.2 Å². The Morgan fingerprint density at radius 1 is 1.12 bits per heavy atom. The molecule has 1 aliphatic heterocycles. The molecule has 0 radical (unpaired) electrons. The fourth-order valence-electron chi connectivity index (χ4n) is 2.79. The monoisotopic (exact) mass is 368 g/mol. The molecule has 4 rings (SSSR count). The van der Waals surface area contributed by atoms with Crippen molar-refractivity contribution in [2.24, 2.45) is 0 Å². The lowest BCUT2D eigenvalue weighted by atomic mass is 10.1. The first-order valence-electron chi connectivity index (χ1n) is 8.78. The zero-order valence-electron chi connectivity index (χ0n) is 14.5. The van der Waals surface area contributed by atoms with Crippen LogP contribution in [0.2, 0.25) is 0 Å². The molecular formula is C19H20N4O2S. The molecule has 1 atom stereocenters. The Balaban J connectivity index is 1.67. The second-order valence-corrected chi connectivity index (χ2v) is 7.07. The van der Waals surface area contributed by atoms with Gasteiger partial charge in [-0.15, -0.1) is 10.2 Å². The standard InChI is InChI=1S/C19H20N4O2S/c1-2-3-6-12-26-19-21-18-16(22-23-19)13-8-4-5-9-14(13)20-17(25-18)15-10-7-11-24-15/h4-5,7-11,17,20H,2-3,6,12H2,1H3/t17-/m0/s1. The molecule has 26 heavy (non-hydrogen) atoms. The molecule has 0 saturated heterocycles. The molecule has 6 nitrogen and oxygen atoms in total. The van der Waals surface area contributed by atoms with Crippen LogP contribution in [-0.2, 0) is 0 Å². The minimum absolute atomic E-state index is 0.469. The van der Waals surface area contributed by atoms with Gasteiger partial charge in [-0.1, -0.05) is 49.7 Å². The van der Waals surface area contributed by atoms with E-state index in [0.717, 1.165) is 23.4 Å². The van der Waals surface area contributed by atoms with Crippen LogP contribution in [-0.4, -0.2) is 20.9 Å². The van der Waals surface area contributed by atoms with Crippen LogP contribution in [0.3, 0.4) is 0 Å². The lowest BCUT2D eigenvalue weighted by Gasteiger charge is -2.16. The van der Waals surface area contributed by atoms with Gasteiger partial charge in [-0.2, -0.15) is 4.98 Å². The molecular weight excluding hydrogens is 348 g/mol. The molecule has 1 aromatic carbocycles. The summed E-state index contributed by atoms with van der Waals surface area (Å²) in [6.07, 6.45) is 4.70. The van der Waals surface area contributed by atoms with Gasteiger partial charge in [-0.05, 0) is 24.6 Å². The Bertz CT molecular complexity index is 870. The SMILES string of the molecule is CCCCCSc1nnc2c(n1)O[C@@H](c1ccco1)Nc1ccccc1-2. The van der Waals surface area contributed by atoms with Gasteiger partial charge in [0.15, 0.2) is 11.5 Å². The van der Waals surface area contributed by atoms with Gasteiger partial charge in [-0.25, -0.2) is 0 Å². The molecule has 3 heterocycles. The fourth-order valence-corrected chi connectivity index (χ4v) is 3.57. The minimum Gasteiger partial charge on any atom is -0.463 e. The number of furan rings is 1. The van der Waals surface area contributed by atoms with E-state index in [0.29, 0.717) is 22.5 Å². The topological polar surface area (TPSA) is 73.1 Å². The van der Waals surface area contributed by atoms with E-state index in [-0.39, 0.29) is 0 Å². The molecule has 0 bridgehead atoms. The van der Waals surface area contributed by atoms with Crippen LogP contribution >= 0.6 is 11.8 Å². The smallest absolute Gasteiger partial charge is 0.247 e. The number of ether oxygens (including phenoxy) is 1. The molecule has 0 spiro atoms. The van der Waals surface area contributed by atoms with E-state index in [2.05, 4.69) is 27.4 Å². The average molecular weight is 368 g/mol. The molecule has 3 aromatic rings. The molecule has 0 amide bonds. The molecule has 0 fully saturated rings. The highest BCUT2D eigenvalue weighted by molar-refractivity contribution is 7.99. The number of thioether (sulfide) groups is 1. The van der Waals surface area contributed by atoms with Crippen LogP contribution in [0, 0.1) is 0 Å². The summed E-state index contributed by atoms with van der Waals surface area (Å²) in [6, 6.07) is 11.6. The summed E-state index contributed by atoms with van der Waals surface area (Å²) in [7, 11) is 0. The second-order valence-electron chi connectivity index (χ2n) is 6.01. The van der Waals surface area contributed by atoms with Gasteiger partial charge >= 0.3 is 0 Å². The Hall–Kier alpha value is -2.54. The third kappa shape index (κ3) is 3.53. The number of rotatable bonds is 6. The first-order valence-corrected chi connectivity index (χ1v) is 9.77. The van der Waals surface area contributed by atoms with Crippen LogP contribution in [0.25, 0.3) is 11.3 Å². The Morgan fingerprint density at radius 3 is 2.88 bits per heavy atom. The van der Waals surface area contributed by atoms with Gasteiger partial charge in [0.05, 0.1) is 6.26 Å². The van der Waals surface area contributed by atoms with Crippen molar-refractivity contribution in [3.63, 3.8) is 0 Å². The van der Waals surface area contributed by atoms with Crippen LogP contribution in [0.15, 0.2) is 52.2 Å². The molecule has 2 aromatic heterocycles. The number of aromatic nitrogens is 3. The van der Waals surface area contributed by atoms with E-state index in [1.54, 1.807) is 18.0 Å². The maximum absolute atomic E-state index is 6.12. The minimum atomic E-state index is -0.470. The van der Waals surface area contributed by atoms with Crippen molar-refractivity contribution in [1.82, 2.24) is 15.2 Å². The molecule has 1 N–H and O–H groups in total. The fraction of sp³-hybridized carbons (Fsp3) is 0.316. The number of benzene rings is 1. The molecule has 7 heteroatoms. The number of hydrogen-bond donors (Lipinski definition) is 1. The first-order chi connectivity index (χ1) is 12.8. The van der Waals surface area contributed by atoms with E-state index >= 15 is 0 Å². The van der Waals surface area contributed by atoms with Crippen molar-refractivity contribution in [3.8, 4) is 17.1 Å². The van der Waals surface area contributed by atoms with E-state index in [1.807, 2.05) is 36.4 Å². The number of para-hydroxylation sites is 1. The normalized spacial score (nSPS) is 15.3. The quantitative estimate of drug-likeness (QED) is 0.489. The van der Waals surface area contributed by atoms with Crippen molar-refractivity contribution in [3.05, 3.63) is 48.4 Å². The van der Waals surface area contributed by atoms with Crippen LogP contribution in [0.4, 0.5) is 5.69 Å². The van der Waals surface area contributed by atoms with Crippen LogP contribution < -0.4 is 10.1 Å². The largest absolute Gasteiger partial charge is 0.463 e. The van der Waals surface area contributed by atoms with Gasteiger partial charge in [0.2, 0.25) is 17.3 Å². The zero-order valence-corrected chi connectivity index (χ0v) is 15.3. The highest BCUT2D eigenvalue weighted by Crippen LogP contribution is 2.39. The number of unbranched alkanes of at least 4 members (excludes halogenated alkanes) is 2. The number of hydrogen-bond acceptors (Lipinski definition) is 7. The summed E-state index contributed by atoms with van der Waals surface area (Å²) in [5, 5.41) is 12.7. The molecule has 0 aliphatic carbocycles. The highest BCUT2D eigenvalue weighted by Gasteiger charge is 2.27. The van der Waals surface area contributed by atoms with E-state index in [9.17, 15) is 0 Å². The highest BCUT2D eigenvalue weighted by atomic mass is 32.2. The summed E-state index contributed by atoms with van der Waals surface area (Å²) in [4.78, 5) is 4.62. The molecule has 0 saturated carbocycles. The molecule has 1 aliphatic rings. The average Bonchev–Trinajstić information content (AvgIpc) is 3.15. The number of nitrogens with zero attached hydrogens (tertiary/aromatic N) is 3. The molecule has 0 unspecified atom stereocenters. The van der Waals surface area contributed by atoms with Gasteiger partial charge in [0, 0.05) is 17.0 Å². The summed E-state index contributed by atoms with van der Waals surface area (Å²) in [5.41, 5.74) is 2.46. The zero-order chi connectivity index (χ0) is 17.8. The van der Waals surface area contributed by atoms with E-state index < -0.39 is 6.23 Å². The lowest BCUT2D eigenvalue weighted by Crippen LogP contribution is -2.16. The predicted molar refractivity (Wildman–Crippen MR) is 101 cm³/mol. The second kappa shape index (κ2) is 7.78. The Morgan fingerprint density at radius 2 is 2.04 bits per heavy atom. The van der Waals surface area contributed by atoms with Gasteiger partial charge in [0.25, 0.3) is 0 Å². The van der Waals surface area contributed by atoms with E-state index in [4.69, 9.17) is 9.15 Å². The van der Waals surface area contributed by atoms with Crippen molar-refractivity contribution in [1.29, 1.82) is 0 Å². The van der Waals surface area contributed by atoms with Crippen molar-refractivity contribution < 1.29 is 9.15 Å². The maximum Gasteiger partial charge on any atom is 0.247 e. The van der Waals surface area contributed by atoms with E-state index in [1.165, 1.54) is 12.8 Å². The lowest BCUT2D eigenvalue weighted by molar-refractivity contribution is 0.195. The number of nitrogens with one attached hydrogen (secondary N) is 1. The van der Waals surface area contributed by atoms with Crippen LogP contribution in [0.5, 0.6) is 5.88 Å². The predicted octanol–water partition coefficient (Wildman–Crippen LogP) is 4.92. The van der Waals surface area contributed by atoms with Crippen molar-refractivity contribution in [2.75, 3.05) is 11.1 Å². The van der Waals surface area contributed by atoms with Gasteiger partial charge < -0.3 is 14.5 Å². The van der Waals surface area contributed by atoms with Gasteiger partial charge in [-0.3, -0.25) is 0 Å². The Labute approximate surface area is 156 Å². The van der Waals surface area contributed by atoms with Crippen molar-refractivity contribution >= 4 is 17.4 Å². The maximum atomic E-state index is 6.12. The molecule has 134 valence electrons. The number of anilines is 1. The van der Waals surface area contributed by atoms with Gasteiger partial charge in [0.1, 0.15) is 0 Å². The summed E-state index contributed by atoms with van der Waals surface area (Å²) in [6.45, 7) is 2.19. The number of fused-ring (bicyclic) bond motifs is 3. The first kappa shape index (κ1) is 16.9. The summed E-state index contributed by atoms with van der Waals surface area (Å²) in [5.74, 6) is 2.13. The summed E-state index contributed by atoms with van der Waals surface area (Å²) < 4.78 is 11.6. The Kier molecular flexibility index (Phi) is 5.06. The third-order valence-corrected chi connectivity index (χ3v) is 5.04. The third-order valence-electron chi connectivity index (χ3n) is 4.11. The summed E-state index contributed by atoms with van der Waals surface area (Å²) >= 11 is 1.61. The van der Waals surface area contributed by atoms with Crippen molar-refractivity contribution in [2.45, 2.75) is 37.6 Å².